The number of benzene rings is 1. The van der Waals surface area contributed by atoms with E-state index < -0.39 is 10.0 Å². The van der Waals surface area contributed by atoms with E-state index in [0.29, 0.717) is 16.5 Å². The van der Waals surface area contributed by atoms with Crippen molar-refractivity contribution < 1.29 is 8.42 Å². The second-order valence-electron chi connectivity index (χ2n) is 7.17. The van der Waals surface area contributed by atoms with Gasteiger partial charge in [-0.3, -0.25) is 9.67 Å². The summed E-state index contributed by atoms with van der Waals surface area (Å²) in [6, 6.07) is 14.8. The van der Waals surface area contributed by atoms with Gasteiger partial charge in [0, 0.05) is 37.1 Å². The number of fused-ring (bicyclic) bond motifs is 1. The summed E-state index contributed by atoms with van der Waals surface area (Å²) in [5.74, 6) is 0.505. The van der Waals surface area contributed by atoms with Gasteiger partial charge in [-0.2, -0.15) is 5.10 Å². The summed E-state index contributed by atoms with van der Waals surface area (Å²) in [5.41, 5.74) is 4.11. The molecule has 5 aromatic rings. The van der Waals surface area contributed by atoms with Gasteiger partial charge in [-0.1, -0.05) is 41.7 Å². The van der Waals surface area contributed by atoms with Crippen LogP contribution in [-0.2, 0) is 23.6 Å². The number of anilines is 2. The van der Waals surface area contributed by atoms with E-state index in [1.807, 2.05) is 55.7 Å². The molecule has 0 unspecified atom stereocenters. The second-order valence-corrected chi connectivity index (χ2v) is 10.1. The summed E-state index contributed by atoms with van der Waals surface area (Å²) in [5, 5.41) is 15.3. The molecule has 168 valence electrons. The number of aromatic nitrogens is 6. The maximum absolute atomic E-state index is 12.6. The Morgan fingerprint density at radius 3 is 2.59 bits per heavy atom. The van der Waals surface area contributed by atoms with E-state index in [1.165, 1.54) is 0 Å². The van der Waals surface area contributed by atoms with Crippen LogP contribution in [0.25, 0.3) is 22.2 Å². The summed E-state index contributed by atoms with van der Waals surface area (Å²) in [4.78, 5) is 9.04. The van der Waals surface area contributed by atoms with Crippen molar-refractivity contribution in [2.24, 2.45) is 7.05 Å². The molecule has 0 fully saturated rings. The van der Waals surface area contributed by atoms with Crippen LogP contribution in [0.3, 0.4) is 0 Å². The number of sulfonamides is 1. The number of pyridine rings is 2. The zero-order valence-electron chi connectivity index (χ0n) is 17.4. The summed E-state index contributed by atoms with van der Waals surface area (Å²) >= 11 is 0.928. The van der Waals surface area contributed by atoms with Crippen LogP contribution < -0.4 is 10.0 Å². The molecule has 34 heavy (non-hydrogen) atoms. The summed E-state index contributed by atoms with van der Waals surface area (Å²) in [7, 11) is -1.93. The minimum absolute atomic E-state index is 0. The number of hydrogen-bond acceptors (Lipinski definition) is 9. The Balaban J connectivity index is 0.00000274. The molecule has 0 saturated heterocycles. The van der Waals surface area contributed by atoms with Crippen molar-refractivity contribution >= 4 is 72.9 Å². The van der Waals surface area contributed by atoms with E-state index >= 15 is 0 Å². The van der Waals surface area contributed by atoms with Crippen LogP contribution in [0.2, 0.25) is 0 Å². The van der Waals surface area contributed by atoms with Crippen LogP contribution in [-0.4, -0.2) is 67.9 Å². The first kappa shape index (κ1) is 24.4. The molecule has 4 aromatic heterocycles. The molecule has 0 spiro atoms. The molecule has 4 heterocycles. The van der Waals surface area contributed by atoms with Gasteiger partial charge < -0.3 is 5.32 Å². The Kier molecular flexibility index (Phi) is 7.36. The van der Waals surface area contributed by atoms with Crippen LogP contribution in [0.15, 0.2) is 71.5 Å². The van der Waals surface area contributed by atoms with Crippen LogP contribution in [0.5, 0.6) is 0 Å². The van der Waals surface area contributed by atoms with E-state index in [0.717, 1.165) is 33.5 Å². The molecule has 0 saturated carbocycles. The molecule has 0 atom stereocenters. The van der Waals surface area contributed by atoms with E-state index in [1.54, 1.807) is 23.1 Å². The molecule has 0 amide bonds. The van der Waals surface area contributed by atoms with Crippen molar-refractivity contribution in [2.45, 2.75) is 10.9 Å². The summed E-state index contributed by atoms with van der Waals surface area (Å²) in [6.45, 7) is 0.171. The van der Waals surface area contributed by atoms with E-state index in [4.69, 9.17) is 0 Å². The summed E-state index contributed by atoms with van der Waals surface area (Å²) in [6.07, 6.45) is 5.44. The van der Waals surface area contributed by atoms with Gasteiger partial charge >= 0.3 is 29.6 Å². The van der Waals surface area contributed by atoms with E-state index in [9.17, 15) is 8.42 Å². The third kappa shape index (κ3) is 5.49. The van der Waals surface area contributed by atoms with Gasteiger partial charge in [0.1, 0.15) is 5.82 Å². The van der Waals surface area contributed by atoms with Crippen molar-refractivity contribution in [1.82, 2.24) is 34.7 Å². The van der Waals surface area contributed by atoms with Gasteiger partial charge in [0.15, 0.2) is 0 Å². The van der Waals surface area contributed by atoms with Crippen LogP contribution >= 0.6 is 11.3 Å². The monoisotopic (exact) mass is 502 g/mol. The van der Waals surface area contributed by atoms with Crippen molar-refractivity contribution in [3.05, 3.63) is 72.7 Å². The van der Waals surface area contributed by atoms with Gasteiger partial charge in [0.25, 0.3) is 10.0 Å². The Bertz CT molecular complexity index is 1540. The average molecular weight is 503 g/mol. The van der Waals surface area contributed by atoms with Crippen molar-refractivity contribution in [3.8, 4) is 11.1 Å². The van der Waals surface area contributed by atoms with Gasteiger partial charge in [-0.15, -0.1) is 10.2 Å². The Morgan fingerprint density at radius 1 is 1.00 bits per heavy atom. The number of hydrogen-bond donors (Lipinski definition) is 2. The molecule has 0 aliphatic rings. The normalized spacial score (nSPS) is 11.3. The fraction of sp³-hybridized carbons (Fsp3) is 0.0952. The topological polar surface area (TPSA) is 128 Å². The van der Waals surface area contributed by atoms with Gasteiger partial charge in [-0.25, -0.2) is 18.1 Å². The molecular weight excluding hydrogens is 483 g/mol. The van der Waals surface area contributed by atoms with Gasteiger partial charge in [0.2, 0.25) is 9.47 Å². The fourth-order valence-corrected chi connectivity index (χ4v) is 5.08. The molecule has 13 heteroatoms. The van der Waals surface area contributed by atoms with E-state index in [2.05, 4.69) is 35.3 Å². The Hall–Kier alpha value is -2.74. The van der Waals surface area contributed by atoms with Gasteiger partial charge in [-0.05, 0) is 23.8 Å². The number of aryl methyl sites for hydroxylation is 1. The van der Waals surface area contributed by atoms with Crippen molar-refractivity contribution in [3.63, 3.8) is 0 Å². The molecule has 5 rings (SSSR count). The first-order valence-corrected chi connectivity index (χ1v) is 12.2. The standard InChI is InChI=1S/C21H18N8O2S2.Na.H/c1-29-13-16(12-23-29)15-9-18-17(22-11-15)7-8-19(25-18)26-20-27-28-21(32-20)33(30,31)24-10-14-5-3-2-4-6-14;;/h2-9,11-13,24H,10H2,1H3,(H,25,26,27);;. The third-order valence-corrected chi connectivity index (χ3v) is 7.36. The molecule has 0 bridgehead atoms. The zero-order valence-corrected chi connectivity index (χ0v) is 19.0. The SMILES string of the molecule is Cn1cc(-c2cnc3ccc(Nc4nnc(S(=O)(=O)NCc5ccccc5)s4)nc3c2)cn1.[NaH]. The molecule has 2 N–H and O–H groups in total. The first-order valence-electron chi connectivity index (χ1n) is 9.86. The number of rotatable bonds is 7. The Morgan fingerprint density at radius 2 is 1.82 bits per heavy atom. The minimum atomic E-state index is -3.78. The Labute approximate surface area is 221 Å². The van der Waals surface area contributed by atoms with Crippen molar-refractivity contribution in [2.75, 3.05) is 5.32 Å². The van der Waals surface area contributed by atoms with Crippen LogP contribution in [0.1, 0.15) is 5.56 Å². The summed E-state index contributed by atoms with van der Waals surface area (Å²) < 4.78 is 29.3. The molecule has 1 aromatic carbocycles. The predicted octanol–water partition coefficient (Wildman–Crippen LogP) is 2.46. The maximum atomic E-state index is 12.6. The van der Waals surface area contributed by atoms with E-state index in [-0.39, 0.29) is 40.4 Å². The average Bonchev–Trinajstić information content (AvgIpc) is 3.48. The van der Waals surface area contributed by atoms with Crippen LogP contribution in [0, 0.1) is 0 Å². The van der Waals surface area contributed by atoms with Crippen molar-refractivity contribution in [1.29, 1.82) is 0 Å². The van der Waals surface area contributed by atoms with Crippen LogP contribution in [0.4, 0.5) is 10.9 Å². The zero-order chi connectivity index (χ0) is 22.8. The molecule has 0 aliphatic carbocycles. The number of nitrogens with one attached hydrogen (secondary N) is 2. The predicted molar refractivity (Wildman–Crippen MR) is 133 cm³/mol. The second kappa shape index (κ2) is 10.3. The molecule has 0 aliphatic heterocycles. The third-order valence-electron chi connectivity index (χ3n) is 4.76. The number of nitrogens with zero attached hydrogens (tertiary/aromatic N) is 6. The molecule has 10 nitrogen and oxygen atoms in total. The van der Waals surface area contributed by atoms with Gasteiger partial charge in [0.05, 0.1) is 17.2 Å². The molecular formula is C21H19N8NaO2S2. The quantitative estimate of drug-likeness (QED) is 0.325. The molecule has 0 radical (unpaired) electrons. The fourth-order valence-electron chi connectivity index (χ4n) is 3.12. The first-order chi connectivity index (χ1) is 16.0.